The van der Waals surface area contributed by atoms with Crippen molar-refractivity contribution in [1.29, 1.82) is 0 Å². The minimum atomic E-state index is -0.729. The summed E-state index contributed by atoms with van der Waals surface area (Å²) in [6.07, 6.45) is 6.73. The highest BCUT2D eigenvalue weighted by atomic mass is 15.4. The summed E-state index contributed by atoms with van der Waals surface area (Å²) in [7, 11) is 0. The Morgan fingerprint density at radius 2 is 1.63 bits per heavy atom. The van der Waals surface area contributed by atoms with Crippen LogP contribution in [-0.2, 0) is 0 Å². The minimum Gasteiger partial charge on any atom is -0.342 e. The van der Waals surface area contributed by atoms with E-state index >= 15 is 0 Å². The van der Waals surface area contributed by atoms with E-state index in [1.807, 2.05) is 0 Å². The van der Waals surface area contributed by atoms with Gasteiger partial charge in [0.15, 0.2) is 0 Å². The van der Waals surface area contributed by atoms with Crippen molar-refractivity contribution in [2.75, 3.05) is 4.90 Å². The largest absolute Gasteiger partial charge is 0.342 e. The fraction of sp³-hybridized carbons (Fsp3) is 0.440. The van der Waals surface area contributed by atoms with Gasteiger partial charge < -0.3 is 9.80 Å². The fourth-order valence-corrected chi connectivity index (χ4v) is 5.57. The van der Waals surface area contributed by atoms with Crippen LogP contribution in [0.5, 0.6) is 0 Å². The van der Waals surface area contributed by atoms with Gasteiger partial charge in [0, 0.05) is 16.9 Å². The first-order chi connectivity index (χ1) is 13.5. The van der Waals surface area contributed by atoms with Crippen LogP contribution in [0.25, 0.3) is 5.70 Å². The summed E-state index contributed by atoms with van der Waals surface area (Å²) >= 11 is 0. The number of hydrogen-bond donors (Lipinski definition) is 0. The van der Waals surface area contributed by atoms with E-state index in [1.54, 1.807) is 0 Å². The first-order valence-corrected chi connectivity index (χ1v) is 10.5. The SMILES string of the molecule is [2H]C1(C)c2ccccc2C2=C(C)N(c3ccccc3C)C(C3CCCCC3)N21. The van der Waals surface area contributed by atoms with Crippen molar-refractivity contribution in [2.45, 2.75) is 65.1 Å². The lowest BCUT2D eigenvalue weighted by atomic mass is 9.85. The van der Waals surface area contributed by atoms with Crippen molar-refractivity contribution in [1.82, 2.24) is 4.90 Å². The number of benzene rings is 2. The average Bonchev–Trinajstić information content (AvgIpc) is 3.14. The first kappa shape index (κ1) is 15.8. The molecule has 2 nitrogen and oxygen atoms in total. The van der Waals surface area contributed by atoms with Gasteiger partial charge in [-0.25, -0.2) is 0 Å². The van der Waals surface area contributed by atoms with Gasteiger partial charge in [-0.1, -0.05) is 61.7 Å². The summed E-state index contributed by atoms with van der Waals surface area (Å²) in [5.41, 5.74) is 7.57. The van der Waals surface area contributed by atoms with Crippen LogP contribution in [0.15, 0.2) is 54.2 Å². The monoisotopic (exact) mass is 359 g/mol. The Kier molecular flexibility index (Phi) is 3.77. The molecule has 0 saturated heterocycles. The summed E-state index contributed by atoms with van der Waals surface area (Å²) in [5, 5.41) is 0. The summed E-state index contributed by atoms with van der Waals surface area (Å²) in [6.45, 7) is 6.56. The van der Waals surface area contributed by atoms with Gasteiger partial charge in [-0.05, 0) is 56.7 Å². The normalized spacial score (nSPS) is 28.4. The average molecular weight is 360 g/mol. The molecule has 0 bridgehead atoms. The molecule has 2 unspecified atom stereocenters. The van der Waals surface area contributed by atoms with Gasteiger partial charge in [0.25, 0.3) is 0 Å². The Labute approximate surface area is 164 Å². The summed E-state index contributed by atoms with van der Waals surface area (Å²) in [4.78, 5) is 5.00. The molecular formula is C25H30N2. The highest BCUT2D eigenvalue weighted by Crippen LogP contribution is 2.53. The van der Waals surface area contributed by atoms with Crippen molar-refractivity contribution in [3.05, 3.63) is 70.9 Å². The van der Waals surface area contributed by atoms with Gasteiger partial charge >= 0.3 is 0 Å². The van der Waals surface area contributed by atoms with Crippen LogP contribution >= 0.6 is 0 Å². The third kappa shape index (κ3) is 2.46. The molecule has 27 heavy (non-hydrogen) atoms. The highest BCUT2D eigenvalue weighted by molar-refractivity contribution is 5.81. The maximum absolute atomic E-state index is 9.41. The predicted molar refractivity (Wildman–Crippen MR) is 113 cm³/mol. The van der Waals surface area contributed by atoms with Crippen LogP contribution in [0.1, 0.15) is 70.0 Å². The second-order valence-electron chi connectivity index (χ2n) is 8.40. The van der Waals surface area contributed by atoms with Crippen LogP contribution in [0.2, 0.25) is 0 Å². The Balaban J connectivity index is 1.72. The van der Waals surface area contributed by atoms with Gasteiger partial charge in [0.05, 0.1) is 13.1 Å². The number of anilines is 1. The Morgan fingerprint density at radius 1 is 0.926 bits per heavy atom. The lowest BCUT2D eigenvalue weighted by Crippen LogP contribution is -2.46. The third-order valence-corrected chi connectivity index (χ3v) is 6.85. The van der Waals surface area contributed by atoms with Crippen molar-refractivity contribution < 1.29 is 1.37 Å². The molecule has 2 aromatic rings. The molecule has 0 aromatic heterocycles. The van der Waals surface area contributed by atoms with Crippen molar-refractivity contribution in [2.24, 2.45) is 5.92 Å². The predicted octanol–water partition coefficient (Wildman–Crippen LogP) is 6.49. The smallest absolute Gasteiger partial charge is 0.109 e. The quantitative estimate of drug-likeness (QED) is 0.605. The van der Waals surface area contributed by atoms with E-state index in [2.05, 4.69) is 79.1 Å². The second-order valence-corrected chi connectivity index (χ2v) is 8.40. The number of allylic oxidation sites excluding steroid dienone is 1. The van der Waals surface area contributed by atoms with E-state index in [4.69, 9.17) is 0 Å². The highest BCUT2D eigenvalue weighted by Gasteiger charge is 2.48. The molecule has 140 valence electrons. The molecule has 5 rings (SSSR count). The number of aryl methyl sites for hydroxylation is 1. The number of rotatable bonds is 2. The van der Waals surface area contributed by atoms with Gasteiger partial charge in [0.2, 0.25) is 0 Å². The van der Waals surface area contributed by atoms with E-state index in [0.29, 0.717) is 5.92 Å². The summed E-state index contributed by atoms with van der Waals surface area (Å²) in [5.74, 6) is 0.597. The molecule has 0 spiro atoms. The van der Waals surface area contributed by atoms with E-state index in [1.165, 1.54) is 60.3 Å². The van der Waals surface area contributed by atoms with Gasteiger partial charge in [0.1, 0.15) is 6.17 Å². The van der Waals surface area contributed by atoms with E-state index in [-0.39, 0.29) is 6.17 Å². The van der Waals surface area contributed by atoms with Gasteiger partial charge in [-0.2, -0.15) is 0 Å². The Hall–Kier alpha value is -2.22. The molecule has 2 heteroatoms. The van der Waals surface area contributed by atoms with Crippen LogP contribution < -0.4 is 4.90 Å². The molecule has 2 aromatic carbocycles. The molecule has 1 saturated carbocycles. The Morgan fingerprint density at radius 3 is 2.41 bits per heavy atom. The molecule has 0 amide bonds. The zero-order chi connectivity index (χ0) is 19.5. The summed E-state index contributed by atoms with van der Waals surface area (Å²) in [6, 6.07) is 16.6. The Bertz CT molecular complexity index is 939. The fourth-order valence-electron chi connectivity index (χ4n) is 5.57. The summed E-state index contributed by atoms with van der Waals surface area (Å²) < 4.78 is 9.41. The second kappa shape index (κ2) is 6.44. The van der Waals surface area contributed by atoms with E-state index in [0.717, 1.165) is 5.56 Å². The van der Waals surface area contributed by atoms with Crippen LogP contribution in [0.3, 0.4) is 0 Å². The van der Waals surface area contributed by atoms with E-state index in [9.17, 15) is 1.37 Å². The van der Waals surface area contributed by atoms with Crippen molar-refractivity contribution >= 4 is 11.4 Å². The topological polar surface area (TPSA) is 6.48 Å². The van der Waals surface area contributed by atoms with Crippen molar-refractivity contribution in [3.63, 3.8) is 0 Å². The number of fused-ring (bicyclic) bond motifs is 3. The molecule has 1 aliphatic carbocycles. The molecular weight excluding hydrogens is 328 g/mol. The maximum atomic E-state index is 9.41. The van der Waals surface area contributed by atoms with Crippen LogP contribution in [0, 0.1) is 12.8 Å². The first-order valence-electron chi connectivity index (χ1n) is 11.0. The molecule has 2 heterocycles. The third-order valence-electron chi connectivity index (χ3n) is 6.85. The van der Waals surface area contributed by atoms with E-state index < -0.39 is 6.02 Å². The van der Waals surface area contributed by atoms with Crippen LogP contribution in [0.4, 0.5) is 5.69 Å². The molecule has 2 atom stereocenters. The lowest BCUT2D eigenvalue weighted by molar-refractivity contribution is 0.163. The maximum Gasteiger partial charge on any atom is 0.109 e. The minimum absolute atomic E-state index is 0.228. The zero-order valence-corrected chi connectivity index (χ0v) is 16.7. The standard InChI is InChI=1S/C25H30N2/c1-17-11-7-10-16-23(17)26-19(3)24-22-15-9-8-14-21(22)18(2)27(24)25(26)20-12-5-4-6-13-20/h7-11,14-16,18,20,25H,4-6,12-13H2,1-3H3/i18D. The van der Waals surface area contributed by atoms with Gasteiger partial charge in [-0.15, -0.1) is 0 Å². The van der Waals surface area contributed by atoms with Crippen molar-refractivity contribution in [3.8, 4) is 0 Å². The molecule has 0 N–H and O–H groups in total. The van der Waals surface area contributed by atoms with Crippen LogP contribution in [-0.4, -0.2) is 11.1 Å². The molecule has 3 aliphatic rings. The lowest BCUT2D eigenvalue weighted by Gasteiger charge is -2.42. The molecule has 1 fully saturated rings. The zero-order valence-electron chi connectivity index (χ0n) is 17.7. The van der Waals surface area contributed by atoms with Gasteiger partial charge in [-0.3, -0.25) is 0 Å². The number of para-hydroxylation sites is 1. The number of hydrogen-bond acceptors (Lipinski definition) is 2. The molecule has 0 radical (unpaired) electrons. The number of nitrogens with zero attached hydrogens (tertiary/aromatic N) is 2. The molecule has 2 aliphatic heterocycles.